The summed E-state index contributed by atoms with van der Waals surface area (Å²) < 4.78 is 1.91. The summed E-state index contributed by atoms with van der Waals surface area (Å²) in [7, 11) is 0. The van der Waals surface area contributed by atoms with Crippen LogP contribution in [-0.4, -0.2) is 14.6 Å². The van der Waals surface area contributed by atoms with E-state index in [-0.39, 0.29) is 0 Å². The first kappa shape index (κ1) is 17.3. The second-order valence-corrected chi connectivity index (χ2v) is 7.02. The van der Waals surface area contributed by atoms with Crippen LogP contribution < -0.4 is 5.32 Å². The van der Waals surface area contributed by atoms with Gasteiger partial charge in [0, 0.05) is 23.0 Å². The Morgan fingerprint density at radius 3 is 2.30 bits per heavy atom. The van der Waals surface area contributed by atoms with E-state index in [0.29, 0.717) is 0 Å². The molecule has 0 spiro atoms. The summed E-state index contributed by atoms with van der Waals surface area (Å²) in [5.41, 5.74) is 8.66. The maximum Gasteiger partial charge on any atom is 0.165 e. The molecule has 4 aromatic rings. The van der Waals surface area contributed by atoms with Crippen LogP contribution in [0.15, 0.2) is 54.6 Å². The second-order valence-electron chi connectivity index (χ2n) is 7.02. The van der Waals surface area contributed by atoms with Gasteiger partial charge in [0.05, 0.1) is 5.69 Å². The summed E-state index contributed by atoms with van der Waals surface area (Å²) in [5.74, 6) is 0.920. The van der Waals surface area contributed by atoms with Crippen molar-refractivity contribution in [1.29, 1.82) is 0 Å². The SMILES string of the molecule is CCc1ccc(Nc2cc(C)nc3c(-c4ccc(C)cc4)c(C)nn23)cc1. The predicted molar refractivity (Wildman–Crippen MR) is 112 cm³/mol. The number of aromatic nitrogens is 3. The smallest absolute Gasteiger partial charge is 0.165 e. The molecular formula is C23H24N4. The number of nitrogens with one attached hydrogen (secondary N) is 1. The van der Waals surface area contributed by atoms with Crippen molar-refractivity contribution in [2.45, 2.75) is 34.1 Å². The molecule has 0 amide bonds. The molecule has 0 aliphatic carbocycles. The number of rotatable bonds is 4. The minimum atomic E-state index is 0.879. The van der Waals surface area contributed by atoms with Gasteiger partial charge in [0.1, 0.15) is 5.82 Å². The van der Waals surface area contributed by atoms with Gasteiger partial charge in [0.25, 0.3) is 0 Å². The summed E-state index contributed by atoms with van der Waals surface area (Å²) in [4.78, 5) is 4.79. The van der Waals surface area contributed by atoms with Gasteiger partial charge in [-0.05, 0) is 50.5 Å². The van der Waals surface area contributed by atoms with Crippen molar-refractivity contribution in [2.24, 2.45) is 0 Å². The normalized spacial score (nSPS) is 11.1. The number of nitrogens with zero attached hydrogens (tertiary/aromatic N) is 3. The van der Waals surface area contributed by atoms with Crippen LogP contribution in [0, 0.1) is 20.8 Å². The van der Waals surface area contributed by atoms with E-state index in [9.17, 15) is 0 Å². The monoisotopic (exact) mass is 356 g/mol. The molecule has 0 radical (unpaired) electrons. The van der Waals surface area contributed by atoms with Crippen LogP contribution in [0.4, 0.5) is 11.5 Å². The number of fused-ring (bicyclic) bond motifs is 1. The number of anilines is 2. The van der Waals surface area contributed by atoms with Crippen molar-refractivity contribution in [2.75, 3.05) is 5.32 Å². The predicted octanol–water partition coefficient (Wildman–Crippen LogP) is 5.63. The van der Waals surface area contributed by atoms with Gasteiger partial charge in [-0.3, -0.25) is 0 Å². The summed E-state index contributed by atoms with van der Waals surface area (Å²) in [5, 5.41) is 8.28. The average Bonchev–Trinajstić information content (AvgIpc) is 2.99. The van der Waals surface area contributed by atoms with Gasteiger partial charge in [0.2, 0.25) is 0 Å². The lowest BCUT2D eigenvalue weighted by Gasteiger charge is -2.10. The highest BCUT2D eigenvalue weighted by Gasteiger charge is 2.16. The minimum absolute atomic E-state index is 0.879. The van der Waals surface area contributed by atoms with E-state index < -0.39 is 0 Å². The molecule has 4 rings (SSSR count). The fourth-order valence-electron chi connectivity index (χ4n) is 3.36. The molecule has 0 saturated heterocycles. The molecule has 4 heteroatoms. The van der Waals surface area contributed by atoms with Gasteiger partial charge in [-0.2, -0.15) is 9.61 Å². The zero-order chi connectivity index (χ0) is 19.0. The van der Waals surface area contributed by atoms with Gasteiger partial charge in [-0.25, -0.2) is 4.98 Å². The Labute approximate surface area is 159 Å². The largest absolute Gasteiger partial charge is 0.340 e. The molecule has 0 aliphatic rings. The summed E-state index contributed by atoms with van der Waals surface area (Å²) in [6.07, 6.45) is 1.04. The van der Waals surface area contributed by atoms with Crippen LogP contribution in [0.1, 0.15) is 29.4 Å². The molecule has 0 atom stereocenters. The van der Waals surface area contributed by atoms with Gasteiger partial charge < -0.3 is 5.32 Å². The highest BCUT2D eigenvalue weighted by molar-refractivity contribution is 5.81. The van der Waals surface area contributed by atoms with Crippen LogP contribution in [0.3, 0.4) is 0 Å². The van der Waals surface area contributed by atoms with Crippen molar-refractivity contribution in [1.82, 2.24) is 14.6 Å². The Kier molecular flexibility index (Phi) is 4.40. The zero-order valence-corrected chi connectivity index (χ0v) is 16.2. The lowest BCUT2D eigenvalue weighted by Crippen LogP contribution is -2.02. The average molecular weight is 356 g/mol. The van der Waals surface area contributed by atoms with Crippen LogP contribution in [0.5, 0.6) is 0 Å². The van der Waals surface area contributed by atoms with Crippen molar-refractivity contribution in [3.8, 4) is 11.1 Å². The Bertz CT molecular complexity index is 1090. The van der Waals surface area contributed by atoms with E-state index >= 15 is 0 Å². The third kappa shape index (κ3) is 3.31. The molecule has 136 valence electrons. The highest BCUT2D eigenvalue weighted by Crippen LogP contribution is 2.30. The fourth-order valence-corrected chi connectivity index (χ4v) is 3.36. The van der Waals surface area contributed by atoms with Gasteiger partial charge in [-0.1, -0.05) is 48.9 Å². The minimum Gasteiger partial charge on any atom is -0.340 e. The highest BCUT2D eigenvalue weighted by atomic mass is 15.3. The van der Waals surface area contributed by atoms with Crippen LogP contribution in [0.2, 0.25) is 0 Å². The van der Waals surface area contributed by atoms with Crippen molar-refractivity contribution in [3.05, 3.63) is 77.1 Å². The summed E-state index contributed by atoms with van der Waals surface area (Å²) >= 11 is 0. The quantitative estimate of drug-likeness (QED) is 0.515. The van der Waals surface area contributed by atoms with Crippen molar-refractivity contribution < 1.29 is 0 Å². The van der Waals surface area contributed by atoms with Gasteiger partial charge in [-0.15, -0.1) is 0 Å². The van der Waals surface area contributed by atoms with Crippen LogP contribution in [-0.2, 0) is 6.42 Å². The fraction of sp³-hybridized carbons (Fsp3) is 0.217. The third-order valence-electron chi connectivity index (χ3n) is 4.87. The molecular weight excluding hydrogens is 332 g/mol. The summed E-state index contributed by atoms with van der Waals surface area (Å²) in [6.45, 7) is 8.32. The summed E-state index contributed by atoms with van der Waals surface area (Å²) in [6, 6.07) is 19.1. The molecule has 0 aliphatic heterocycles. The number of aryl methyl sites for hydroxylation is 4. The Hall–Kier alpha value is -3.14. The number of benzene rings is 2. The van der Waals surface area contributed by atoms with Gasteiger partial charge >= 0.3 is 0 Å². The molecule has 0 bridgehead atoms. The number of hydrogen-bond donors (Lipinski definition) is 1. The maximum absolute atomic E-state index is 4.79. The van der Waals surface area contributed by atoms with Crippen LogP contribution >= 0.6 is 0 Å². The van der Waals surface area contributed by atoms with E-state index in [1.807, 2.05) is 24.4 Å². The number of hydrogen-bond acceptors (Lipinski definition) is 3. The molecule has 2 heterocycles. The van der Waals surface area contributed by atoms with Gasteiger partial charge in [0.15, 0.2) is 5.65 Å². The molecule has 2 aromatic heterocycles. The first-order chi connectivity index (χ1) is 13.0. The Morgan fingerprint density at radius 2 is 1.63 bits per heavy atom. The van der Waals surface area contributed by atoms with E-state index in [0.717, 1.165) is 46.1 Å². The van der Waals surface area contributed by atoms with Crippen LogP contribution in [0.25, 0.3) is 16.8 Å². The molecule has 0 fully saturated rings. The van der Waals surface area contributed by atoms with E-state index in [2.05, 4.69) is 67.7 Å². The van der Waals surface area contributed by atoms with Crippen molar-refractivity contribution in [3.63, 3.8) is 0 Å². The Balaban J connectivity index is 1.82. The first-order valence-corrected chi connectivity index (χ1v) is 9.35. The standard InChI is InChI=1S/C23H24N4/c1-5-18-8-12-20(13-9-18)25-21-14-16(3)24-23-22(17(4)26-27(21)23)19-10-6-15(2)7-11-19/h6-14,25H,5H2,1-4H3. The second kappa shape index (κ2) is 6.88. The maximum atomic E-state index is 4.79. The third-order valence-corrected chi connectivity index (χ3v) is 4.87. The lowest BCUT2D eigenvalue weighted by atomic mass is 10.0. The van der Waals surface area contributed by atoms with Crippen molar-refractivity contribution >= 4 is 17.2 Å². The Morgan fingerprint density at radius 1 is 0.926 bits per heavy atom. The molecule has 27 heavy (non-hydrogen) atoms. The molecule has 1 N–H and O–H groups in total. The zero-order valence-electron chi connectivity index (χ0n) is 16.2. The first-order valence-electron chi connectivity index (χ1n) is 9.35. The molecule has 4 nitrogen and oxygen atoms in total. The molecule has 2 aromatic carbocycles. The molecule has 0 saturated carbocycles. The van der Waals surface area contributed by atoms with E-state index in [1.165, 1.54) is 11.1 Å². The topological polar surface area (TPSA) is 42.2 Å². The van der Waals surface area contributed by atoms with E-state index in [1.54, 1.807) is 0 Å². The molecule has 0 unspecified atom stereocenters. The van der Waals surface area contributed by atoms with E-state index in [4.69, 9.17) is 10.1 Å². The lowest BCUT2D eigenvalue weighted by molar-refractivity contribution is 0.917.